The van der Waals surface area contributed by atoms with Gasteiger partial charge in [-0.2, -0.15) is 0 Å². The molecule has 2 aromatic heterocycles. The summed E-state index contributed by atoms with van der Waals surface area (Å²) in [7, 11) is 0. The normalized spacial score (nSPS) is 34.3. The lowest BCUT2D eigenvalue weighted by atomic mass is 9.89. The highest BCUT2D eigenvalue weighted by molar-refractivity contribution is 7.98. The van der Waals surface area contributed by atoms with Crippen LogP contribution in [0.4, 0.5) is 0 Å². The van der Waals surface area contributed by atoms with Gasteiger partial charge in [0.1, 0.15) is 34.7 Å². The van der Waals surface area contributed by atoms with Gasteiger partial charge >= 0.3 is 0 Å². The van der Waals surface area contributed by atoms with Crippen molar-refractivity contribution in [1.29, 1.82) is 0 Å². The number of ether oxygens (including phenoxy) is 1. The van der Waals surface area contributed by atoms with E-state index < -0.39 is 24.0 Å². The second-order valence-corrected chi connectivity index (χ2v) is 6.82. The summed E-state index contributed by atoms with van der Waals surface area (Å²) in [6.45, 7) is -0.357. The molecule has 2 fully saturated rings. The van der Waals surface area contributed by atoms with Crippen LogP contribution in [0.5, 0.6) is 0 Å². The third-order valence-corrected chi connectivity index (χ3v) is 5.39. The molecule has 23 heavy (non-hydrogen) atoms. The molecule has 0 amide bonds. The third-order valence-electron chi connectivity index (χ3n) is 4.71. The third kappa shape index (κ3) is 2.11. The summed E-state index contributed by atoms with van der Waals surface area (Å²) in [6.07, 6.45) is 3.72. The van der Waals surface area contributed by atoms with Gasteiger partial charge in [-0.25, -0.2) is 15.0 Å². The Labute approximate surface area is 136 Å². The molecule has 3 heterocycles. The summed E-state index contributed by atoms with van der Waals surface area (Å²) in [5.41, 5.74) is -0.284. The quantitative estimate of drug-likeness (QED) is 0.525. The lowest BCUT2D eigenvalue weighted by Gasteiger charge is -2.31. The zero-order chi connectivity index (χ0) is 16.2. The molecule has 4 atom stereocenters. The van der Waals surface area contributed by atoms with Crippen LogP contribution in [0.1, 0.15) is 19.1 Å². The Morgan fingerprint density at radius 1 is 1.39 bits per heavy atom. The molecule has 3 N–H and O–H groups in total. The maximum absolute atomic E-state index is 11.1. The van der Waals surface area contributed by atoms with Crippen LogP contribution in [0.2, 0.25) is 0 Å². The highest BCUT2D eigenvalue weighted by atomic mass is 32.2. The van der Waals surface area contributed by atoms with E-state index in [0.717, 1.165) is 17.9 Å². The molecule has 0 aromatic carbocycles. The van der Waals surface area contributed by atoms with Crippen LogP contribution in [0.15, 0.2) is 17.7 Å². The highest BCUT2D eigenvalue weighted by Gasteiger charge is 2.63. The van der Waals surface area contributed by atoms with E-state index in [9.17, 15) is 15.3 Å². The molecule has 1 aliphatic heterocycles. The average Bonchev–Trinajstić information content (AvgIpc) is 3.29. The number of nitrogens with zero attached hydrogens (tertiary/aromatic N) is 4. The van der Waals surface area contributed by atoms with Crippen LogP contribution in [0, 0.1) is 5.92 Å². The van der Waals surface area contributed by atoms with E-state index in [4.69, 9.17) is 4.74 Å². The van der Waals surface area contributed by atoms with Gasteiger partial charge in [-0.15, -0.1) is 11.8 Å². The van der Waals surface area contributed by atoms with Crippen molar-refractivity contribution in [3.8, 4) is 0 Å². The number of fused-ring (bicyclic) bond motifs is 1. The summed E-state index contributed by atoms with van der Waals surface area (Å²) in [6, 6.07) is 0. The van der Waals surface area contributed by atoms with Crippen LogP contribution in [0.25, 0.3) is 11.2 Å². The van der Waals surface area contributed by atoms with Gasteiger partial charge in [-0.1, -0.05) is 0 Å². The Morgan fingerprint density at radius 2 is 2.17 bits per heavy atom. The lowest BCUT2D eigenvalue weighted by Crippen LogP contribution is -2.48. The molecule has 0 spiro atoms. The van der Waals surface area contributed by atoms with E-state index in [2.05, 4.69) is 15.0 Å². The van der Waals surface area contributed by atoms with Gasteiger partial charge in [-0.05, 0) is 25.0 Å². The zero-order valence-corrected chi connectivity index (χ0v) is 13.3. The average molecular weight is 338 g/mol. The van der Waals surface area contributed by atoms with Gasteiger partial charge in [0.25, 0.3) is 0 Å². The van der Waals surface area contributed by atoms with Crippen LogP contribution in [-0.4, -0.2) is 65.5 Å². The fraction of sp³-hybridized carbons (Fsp3) is 0.643. The van der Waals surface area contributed by atoms with Gasteiger partial charge in [0, 0.05) is 0 Å². The van der Waals surface area contributed by atoms with Crippen LogP contribution in [-0.2, 0) is 4.74 Å². The largest absolute Gasteiger partial charge is 0.394 e. The molecular formula is C14H18N4O4S. The van der Waals surface area contributed by atoms with Gasteiger partial charge < -0.3 is 20.1 Å². The summed E-state index contributed by atoms with van der Waals surface area (Å²) >= 11 is 1.46. The number of thioether (sulfide) groups is 1. The maximum atomic E-state index is 11.1. The van der Waals surface area contributed by atoms with Crippen molar-refractivity contribution in [1.82, 2.24) is 19.5 Å². The molecule has 9 heteroatoms. The Bertz CT molecular complexity index is 737. The van der Waals surface area contributed by atoms with Crippen molar-refractivity contribution in [3.05, 3.63) is 12.7 Å². The minimum atomic E-state index is -1.45. The van der Waals surface area contributed by atoms with Crippen molar-refractivity contribution in [3.63, 3.8) is 0 Å². The first-order valence-corrected chi connectivity index (χ1v) is 8.72. The van der Waals surface area contributed by atoms with E-state index in [0.29, 0.717) is 11.2 Å². The number of imidazole rings is 1. The van der Waals surface area contributed by atoms with E-state index in [-0.39, 0.29) is 12.5 Å². The van der Waals surface area contributed by atoms with Crippen LogP contribution in [0.3, 0.4) is 0 Å². The van der Waals surface area contributed by atoms with Crippen molar-refractivity contribution in [2.75, 3.05) is 12.9 Å². The summed E-state index contributed by atoms with van der Waals surface area (Å²) in [4.78, 5) is 12.8. The molecule has 0 unspecified atom stereocenters. The summed E-state index contributed by atoms with van der Waals surface area (Å²) < 4.78 is 7.40. The van der Waals surface area contributed by atoms with Crippen LogP contribution >= 0.6 is 11.8 Å². The topological polar surface area (TPSA) is 114 Å². The second-order valence-electron chi connectivity index (χ2n) is 6.02. The molecule has 1 saturated heterocycles. The Morgan fingerprint density at radius 3 is 2.83 bits per heavy atom. The molecule has 124 valence electrons. The van der Waals surface area contributed by atoms with E-state index in [1.54, 1.807) is 10.9 Å². The highest BCUT2D eigenvalue weighted by Crippen LogP contribution is 2.52. The van der Waals surface area contributed by atoms with Crippen molar-refractivity contribution >= 4 is 22.9 Å². The first kappa shape index (κ1) is 15.3. The molecule has 0 radical (unpaired) electrons. The molecule has 1 aliphatic carbocycles. The summed E-state index contributed by atoms with van der Waals surface area (Å²) in [5, 5.41) is 31.8. The fourth-order valence-electron chi connectivity index (χ4n) is 3.36. The molecular weight excluding hydrogens is 320 g/mol. The zero-order valence-electron chi connectivity index (χ0n) is 12.5. The standard InChI is InChI=1S/C14H18N4O4S/c1-23-12-9-11(15-5-16-12)18(6-17-9)13-14(21,7-2-3-7)10(20)8(4-19)22-13/h5-8,10,13,19-21H,2-4H2,1H3/t8-,10-,13-,14-/m1/s1. The first-order valence-electron chi connectivity index (χ1n) is 7.49. The summed E-state index contributed by atoms with van der Waals surface area (Å²) in [5.74, 6) is -0.0571. The first-order chi connectivity index (χ1) is 11.1. The van der Waals surface area contributed by atoms with E-state index >= 15 is 0 Å². The Balaban J connectivity index is 1.83. The maximum Gasteiger partial charge on any atom is 0.168 e. The number of hydrogen-bond donors (Lipinski definition) is 3. The molecule has 0 bridgehead atoms. The van der Waals surface area contributed by atoms with Gasteiger partial charge in [0.2, 0.25) is 0 Å². The molecule has 2 aliphatic rings. The van der Waals surface area contributed by atoms with Gasteiger partial charge in [-0.3, -0.25) is 4.57 Å². The van der Waals surface area contributed by atoms with E-state index in [1.807, 2.05) is 6.26 Å². The minimum Gasteiger partial charge on any atom is -0.394 e. The Hall–Kier alpha value is -1.26. The number of aliphatic hydroxyl groups is 3. The molecule has 8 nitrogen and oxygen atoms in total. The number of rotatable bonds is 4. The molecule has 1 saturated carbocycles. The van der Waals surface area contributed by atoms with Gasteiger partial charge in [0.05, 0.1) is 12.9 Å². The predicted octanol–water partition coefficient (Wildman–Crippen LogP) is -0.0601. The van der Waals surface area contributed by atoms with Crippen molar-refractivity contribution < 1.29 is 20.1 Å². The monoisotopic (exact) mass is 338 g/mol. The Kier molecular flexibility index (Phi) is 3.58. The second kappa shape index (κ2) is 5.38. The molecule has 4 rings (SSSR count). The van der Waals surface area contributed by atoms with Gasteiger partial charge in [0.15, 0.2) is 11.9 Å². The van der Waals surface area contributed by atoms with Crippen LogP contribution < -0.4 is 0 Å². The SMILES string of the molecule is CSc1ncnc2c1ncn2[C@@H]1O[C@H](CO)[C@@H](O)[C@]1(O)C1CC1. The fourth-order valence-corrected chi connectivity index (χ4v) is 3.85. The smallest absolute Gasteiger partial charge is 0.168 e. The molecule has 2 aromatic rings. The number of hydrogen-bond acceptors (Lipinski definition) is 8. The van der Waals surface area contributed by atoms with Crippen molar-refractivity contribution in [2.24, 2.45) is 5.92 Å². The minimum absolute atomic E-state index is 0.0571. The van der Waals surface area contributed by atoms with Crippen molar-refractivity contribution in [2.45, 2.75) is 41.9 Å². The predicted molar refractivity (Wildman–Crippen MR) is 81.8 cm³/mol. The number of aromatic nitrogens is 4. The lowest BCUT2D eigenvalue weighted by molar-refractivity contribution is -0.121. The number of aliphatic hydroxyl groups excluding tert-OH is 2. The van der Waals surface area contributed by atoms with E-state index in [1.165, 1.54) is 18.1 Å².